The Morgan fingerprint density at radius 3 is 2.23 bits per heavy atom. The zero-order valence-corrected chi connectivity index (χ0v) is 18.1. The van der Waals surface area contributed by atoms with E-state index in [0.717, 1.165) is 55.3 Å². The lowest BCUT2D eigenvalue weighted by Gasteiger charge is -2.31. The molecule has 3 amide bonds. The van der Waals surface area contributed by atoms with Crippen LogP contribution in [0.15, 0.2) is 6.07 Å². The Bertz CT molecular complexity index is 920. The Morgan fingerprint density at radius 2 is 1.67 bits per heavy atom. The van der Waals surface area contributed by atoms with Gasteiger partial charge in [-0.15, -0.1) is 0 Å². The van der Waals surface area contributed by atoms with Crippen LogP contribution in [0.1, 0.15) is 47.9 Å². The van der Waals surface area contributed by atoms with Gasteiger partial charge in [-0.25, -0.2) is 17.9 Å². The first-order chi connectivity index (χ1) is 14.4. The number of likely N-dealkylation sites (tertiary alicyclic amines) is 1. The summed E-state index contributed by atoms with van der Waals surface area (Å²) in [6.45, 7) is 0.675. The summed E-state index contributed by atoms with van der Waals surface area (Å²) in [6, 6.07) is 1.57. The van der Waals surface area contributed by atoms with E-state index in [0.29, 0.717) is 25.9 Å². The van der Waals surface area contributed by atoms with E-state index in [-0.39, 0.29) is 12.5 Å². The van der Waals surface area contributed by atoms with Crippen LogP contribution in [-0.4, -0.2) is 57.3 Å². The molecule has 1 aromatic rings. The summed E-state index contributed by atoms with van der Waals surface area (Å²) in [4.78, 5) is 26.1. The minimum atomic E-state index is -3.82. The number of fused-ring (bicyclic) bond motifs is 2. The maximum atomic E-state index is 12.8. The van der Waals surface area contributed by atoms with Crippen molar-refractivity contribution < 1.29 is 22.7 Å². The van der Waals surface area contributed by atoms with Crippen LogP contribution in [0.25, 0.3) is 0 Å². The molecular weight excluding hydrogens is 406 g/mol. The van der Waals surface area contributed by atoms with Gasteiger partial charge in [-0.3, -0.25) is 4.79 Å². The molecule has 1 saturated heterocycles. The summed E-state index contributed by atoms with van der Waals surface area (Å²) < 4.78 is 32.6. The number of carbonyl (C=O) groups excluding carboxylic acids is 2. The molecule has 1 fully saturated rings. The normalized spacial score (nSPS) is 18.8. The number of sulfonamides is 1. The molecule has 0 unspecified atom stereocenters. The molecule has 164 valence electrons. The van der Waals surface area contributed by atoms with Crippen LogP contribution in [0.4, 0.5) is 10.5 Å². The molecule has 0 radical (unpaired) electrons. The van der Waals surface area contributed by atoms with Gasteiger partial charge in [0, 0.05) is 25.9 Å². The first-order valence-corrected chi connectivity index (χ1v) is 12.2. The molecule has 4 rings (SSSR count). The lowest BCUT2D eigenvalue weighted by atomic mass is 9.99. The minimum Gasteiger partial charge on any atom is -0.375 e. The van der Waals surface area contributed by atoms with E-state index in [9.17, 15) is 18.0 Å². The molecular formula is C21H29N3O5S. The summed E-state index contributed by atoms with van der Waals surface area (Å²) >= 11 is 0. The van der Waals surface area contributed by atoms with Gasteiger partial charge in [0.15, 0.2) is 0 Å². The fraction of sp³-hybridized carbons (Fsp3) is 0.619. The number of carbonyl (C=O) groups is 2. The van der Waals surface area contributed by atoms with Gasteiger partial charge in [0.1, 0.15) is 6.61 Å². The number of piperidine rings is 1. The van der Waals surface area contributed by atoms with Gasteiger partial charge < -0.3 is 15.0 Å². The van der Waals surface area contributed by atoms with Crippen molar-refractivity contribution in [3.8, 4) is 0 Å². The third-order valence-corrected chi connectivity index (χ3v) is 8.27. The van der Waals surface area contributed by atoms with E-state index in [4.69, 9.17) is 4.74 Å². The number of nitrogens with zero attached hydrogens (tertiary/aromatic N) is 1. The maximum absolute atomic E-state index is 12.8. The molecule has 3 aliphatic rings. The number of methoxy groups -OCH3 is 1. The van der Waals surface area contributed by atoms with E-state index in [2.05, 4.69) is 16.1 Å². The van der Waals surface area contributed by atoms with Crippen LogP contribution in [0.2, 0.25) is 0 Å². The highest BCUT2D eigenvalue weighted by atomic mass is 32.2. The molecule has 9 heteroatoms. The first kappa shape index (κ1) is 21.1. The molecule has 8 nitrogen and oxygen atoms in total. The number of rotatable bonds is 5. The molecule has 0 saturated carbocycles. The number of benzene rings is 1. The van der Waals surface area contributed by atoms with Crippen LogP contribution >= 0.6 is 0 Å². The molecule has 0 spiro atoms. The molecule has 2 N–H and O–H groups in total. The van der Waals surface area contributed by atoms with Crippen LogP contribution in [-0.2, 0) is 45.2 Å². The number of hydrogen-bond acceptors (Lipinski definition) is 5. The highest BCUT2D eigenvalue weighted by molar-refractivity contribution is 7.90. The summed E-state index contributed by atoms with van der Waals surface area (Å²) in [5.74, 6) is -0.147. The van der Waals surface area contributed by atoms with Crippen molar-refractivity contribution in [1.82, 2.24) is 9.62 Å². The maximum Gasteiger partial charge on any atom is 0.332 e. The summed E-state index contributed by atoms with van der Waals surface area (Å²) in [6.07, 6.45) is 6.58. The second kappa shape index (κ2) is 8.55. The molecule has 0 bridgehead atoms. The van der Waals surface area contributed by atoms with Gasteiger partial charge in [-0.1, -0.05) is 6.07 Å². The Kier molecular flexibility index (Phi) is 6.02. The van der Waals surface area contributed by atoms with Crippen molar-refractivity contribution in [1.29, 1.82) is 0 Å². The molecule has 0 aromatic heterocycles. The second-order valence-electron chi connectivity index (χ2n) is 8.35. The zero-order valence-electron chi connectivity index (χ0n) is 17.3. The Labute approximate surface area is 177 Å². The average Bonchev–Trinajstić information content (AvgIpc) is 3.37. The highest BCUT2D eigenvalue weighted by Gasteiger charge is 2.33. The lowest BCUT2D eigenvalue weighted by Crippen LogP contribution is -2.48. The van der Waals surface area contributed by atoms with Gasteiger partial charge in [-0.2, -0.15) is 0 Å². The Morgan fingerprint density at radius 1 is 1.07 bits per heavy atom. The monoisotopic (exact) mass is 435 g/mol. The van der Waals surface area contributed by atoms with Crippen LogP contribution in [0.5, 0.6) is 0 Å². The van der Waals surface area contributed by atoms with E-state index < -0.39 is 21.3 Å². The fourth-order valence-corrected chi connectivity index (χ4v) is 6.26. The van der Waals surface area contributed by atoms with Crippen LogP contribution < -0.4 is 10.0 Å². The number of urea groups is 1. The first-order valence-electron chi connectivity index (χ1n) is 10.6. The van der Waals surface area contributed by atoms with Gasteiger partial charge in [0.2, 0.25) is 15.9 Å². The Hall–Kier alpha value is -2.13. The van der Waals surface area contributed by atoms with Gasteiger partial charge in [0.05, 0.1) is 5.25 Å². The topological polar surface area (TPSA) is 105 Å². The Balaban J connectivity index is 1.41. The van der Waals surface area contributed by atoms with E-state index in [1.54, 1.807) is 4.90 Å². The smallest absolute Gasteiger partial charge is 0.332 e. The molecule has 1 heterocycles. The number of ether oxygens (including phenoxy) is 1. The largest absolute Gasteiger partial charge is 0.375 e. The van der Waals surface area contributed by atoms with Crippen LogP contribution in [0.3, 0.4) is 0 Å². The van der Waals surface area contributed by atoms with Crippen molar-refractivity contribution in [2.45, 2.75) is 56.6 Å². The second-order valence-corrected chi connectivity index (χ2v) is 10.3. The van der Waals surface area contributed by atoms with Crippen molar-refractivity contribution in [2.75, 3.05) is 32.1 Å². The number of aryl methyl sites for hydroxylation is 2. The predicted octanol–water partition coefficient (Wildman–Crippen LogP) is 1.75. The third kappa shape index (κ3) is 4.18. The summed E-state index contributed by atoms with van der Waals surface area (Å²) in [7, 11) is -2.37. The summed E-state index contributed by atoms with van der Waals surface area (Å²) in [5.41, 5.74) is 5.70. The van der Waals surface area contributed by atoms with Gasteiger partial charge in [-0.05, 0) is 73.6 Å². The van der Waals surface area contributed by atoms with Crippen LogP contribution in [0, 0.1) is 0 Å². The summed E-state index contributed by atoms with van der Waals surface area (Å²) in [5, 5.41) is 2.18. The van der Waals surface area contributed by atoms with Crippen molar-refractivity contribution >= 4 is 27.6 Å². The molecule has 1 aliphatic heterocycles. The number of amides is 3. The van der Waals surface area contributed by atoms with E-state index >= 15 is 0 Å². The zero-order chi connectivity index (χ0) is 21.3. The van der Waals surface area contributed by atoms with Crippen molar-refractivity contribution in [3.05, 3.63) is 28.3 Å². The molecule has 0 atom stereocenters. The number of hydrogen-bond donors (Lipinski definition) is 2. The molecule has 30 heavy (non-hydrogen) atoms. The van der Waals surface area contributed by atoms with Crippen molar-refractivity contribution in [2.24, 2.45) is 0 Å². The lowest BCUT2D eigenvalue weighted by molar-refractivity contribution is -0.135. The predicted molar refractivity (Wildman–Crippen MR) is 113 cm³/mol. The quantitative estimate of drug-likeness (QED) is 0.733. The molecule has 2 aliphatic carbocycles. The average molecular weight is 436 g/mol. The van der Waals surface area contributed by atoms with E-state index in [1.807, 2.05) is 0 Å². The van der Waals surface area contributed by atoms with Crippen molar-refractivity contribution in [3.63, 3.8) is 0 Å². The number of nitrogens with one attached hydrogen (secondary N) is 2. The van der Waals surface area contributed by atoms with Gasteiger partial charge in [0.25, 0.3) is 0 Å². The van der Waals surface area contributed by atoms with Gasteiger partial charge >= 0.3 is 6.03 Å². The minimum absolute atomic E-state index is 0.0101. The fourth-order valence-electron chi connectivity index (χ4n) is 4.95. The highest BCUT2D eigenvalue weighted by Crippen LogP contribution is 2.38. The third-order valence-electron chi connectivity index (χ3n) is 6.45. The standard InChI is InChI=1S/C21H29N3O5S/c1-29-13-19(25)24-10-8-16(9-11-24)30(27,28)23-21(26)22-20-17-6-2-4-14(17)12-15-5-3-7-18(15)20/h12,16H,2-11,13H2,1H3,(H2,22,23,26). The van der Waals surface area contributed by atoms with E-state index in [1.165, 1.54) is 18.2 Å². The number of anilines is 1. The SMILES string of the molecule is COCC(=O)N1CCC(S(=O)(=O)NC(=O)Nc2c3c(cc4c2CCC4)CCC3)CC1. The molecule has 1 aromatic carbocycles.